The zero-order chi connectivity index (χ0) is 26.3. The molecule has 0 bridgehead atoms. The van der Waals surface area contributed by atoms with Gasteiger partial charge < -0.3 is 5.32 Å². The SMILES string of the molecule is C=C1CC=CC2=C(C1)C1=C(CC(N/C(=C/C=C/C=C\C=C/CC)C/C=C(\C)C(C)(C)C)C=C1)C2(C)C. The molecule has 0 spiro atoms. The molecule has 3 aliphatic rings. The molecule has 192 valence electrons. The number of rotatable bonds is 8. The molecule has 1 unspecified atom stereocenters. The third-order valence-electron chi connectivity index (χ3n) is 7.74. The lowest BCUT2D eigenvalue weighted by molar-refractivity contribution is 0.498. The van der Waals surface area contributed by atoms with Gasteiger partial charge in [-0.2, -0.15) is 0 Å². The molecule has 0 aromatic carbocycles. The zero-order valence-electron chi connectivity index (χ0n) is 23.7. The van der Waals surface area contributed by atoms with Crippen molar-refractivity contribution in [2.24, 2.45) is 10.8 Å². The van der Waals surface area contributed by atoms with Crippen molar-refractivity contribution in [3.05, 3.63) is 119 Å². The van der Waals surface area contributed by atoms with Gasteiger partial charge in [0.1, 0.15) is 0 Å². The van der Waals surface area contributed by atoms with Gasteiger partial charge in [0.25, 0.3) is 0 Å². The van der Waals surface area contributed by atoms with Crippen molar-refractivity contribution in [1.29, 1.82) is 0 Å². The van der Waals surface area contributed by atoms with Gasteiger partial charge in [0.05, 0.1) is 0 Å². The lowest BCUT2D eigenvalue weighted by Gasteiger charge is -2.31. The second-order valence-electron chi connectivity index (χ2n) is 11.9. The summed E-state index contributed by atoms with van der Waals surface area (Å²) >= 11 is 0. The molecule has 0 heterocycles. The van der Waals surface area contributed by atoms with E-state index < -0.39 is 0 Å². The fourth-order valence-electron chi connectivity index (χ4n) is 5.10. The number of hydrogen-bond donors (Lipinski definition) is 1. The van der Waals surface area contributed by atoms with Crippen LogP contribution in [0.15, 0.2) is 119 Å². The summed E-state index contributed by atoms with van der Waals surface area (Å²) in [5.74, 6) is 0. The fraction of sp³-hybridized carbons (Fsp3) is 0.429. The summed E-state index contributed by atoms with van der Waals surface area (Å²) in [6, 6.07) is 0.296. The maximum atomic E-state index is 4.31. The van der Waals surface area contributed by atoms with Crippen LogP contribution in [0.5, 0.6) is 0 Å². The molecule has 0 aromatic heterocycles. The molecule has 0 radical (unpaired) electrons. The molecule has 0 aromatic rings. The van der Waals surface area contributed by atoms with Crippen LogP contribution in [0.25, 0.3) is 0 Å². The maximum Gasteiger partial charge on any atom is 0.0482 e. The number of allylic oxidation sites excluding steroid dienone is 16. The average molecular weight is 482 g/mol. The van der Waals surface area contributed by atoms with E-state index in [4.69, 9.17) is 0 Å². The van der Waals surface area contributed by atoms with Crippen LogP contribution in [-0.2, 0) is 0 Å². The van der Waals surface area contributed by atoms with Crippen LogP contribution in [0.4, 0.5) is 0 Å². The minimum absolute atomic E-state index is 0.0692. The minimum atomic E-state index is 0.0692. The summed E-state index contributed by atoms with van der Waals surface area (Å²) in [6.45, 7) is 20.3. The molecule has 0 saturated heterocycles. The minimum Gasteiger partial charge on any atom is -0.382 e. The molecule has 0 amide bonds. The predicted octanol–water partition coefficient (Wildman–Crippen LogP) is 9.79. The van der Waals surface area contributed by atoms with E-state index >= 15 is 0 Å². The van der Waals surface area contributed by atoms with Crippen LogP contribution in [0.3, 0.4) is 0 Å². The van der Waals surface area contributed by atoms with Gasteiger partial charge in [-0.15, -0.1) is 0 Å². The highest BCUT2D eigenvalue weighted by Gasteiger charge is 2.40. The Morgan fingerprint density at radius 3 is 2.56 bits per heavy atom. The standard InChI is InChI=1S/C35H47N/c1-9-10-11-12-13-14-15-18-28(21-20-27(3)34(4,5)6)36-29-22-23-30-31-24-26(2)17-16-19-32(31)35(7,8)33(30)25-29/h10-16,18-20,22-23,29,36H,2,9,17,21,24-25H2,1,3-8H3/b11-10-,13-12-,15-14+,27-20+,28-18+. The Hall–Kier alpha value is -2.80. The van der Waals surface area contributed by atoms with E-state index in [1.807, 2.05) is 0 Å². The first-order valence-electron chi connectivity index (χ1n) is 13.7. The number of hydrogen-bond acceptors (Lipinski definition) is 1. The molecule has 0 aliphatic heterocycles. The molecular formula is C35H47N. The molecule has 36 heavy (non-hydrogen) atoms. The molecule has 3 aliphatic carbocycles. The zero-order valence-corrected chi connectivity index (χ0v) is 23.7. The Morgan fingerprint density at radius 2 is 1.83 bits per heavy atom. The molecule has 1 nitrogen and oxygen atoms in total. The molecule has 1 heteroatoms. The summed E-state index contributed by atoms with van der Waals surface area (Å²) in [6.07, 6.45) is 31.7. The van der Waals surface area contributed by atoms with E-state index in [-0.39, 0.29) is 10.8 Å². The number of nitrogens with one attached hydrogen (secondary N) is 1. The van der Waals surface area contributed by atoms with Gasteiger partial charge in [-0.05, 0) is 60.8 Å². The molecule has 3 rings (SSSR count). The fourth-order valence-corrected chi connectivity index (χ4v) is 5.10. The first-order valence-corrected chi connectivity index (χ1v) is 13.7. The van der Waals surface area contributed by atoms with Crippen molar-refractivity contribution >= 4 is 0 Å². The van der Waals surface area contributed by atoms with Gasteiger partial charge in [0.2, 0.25) is 0 Å². The molecule has 0 fully saturated rings. The Labute approximate surface area is 221 Å². The van der Waals surface area contributed by atoms with E-state index in [2.05, 4.69) is 133 Å². The van der Waals surface area contributed by atoms with Crippen molar-refractivity contribution < 1.29 is 0 Å². The van der Waals surface area contributed by atoms with E-state index in [1.165, 1.54) is 33.6 Å². The van der Waals surface area contributed by atoms with E-state index in [0.29, 0.717) is 6.04 Å². The van der Waals surface area contributed by atoms with Crippen molar-refractivity contribution in [2.45, 2.75) is 86.6 Å². The van der Waals surface area contributed by atoms with E-state index in [0.717, 1.165) is 32.1 Å². The summed E-state index contributed by atoms with van der Waals surface area (Å²) in [5.41, 5.74) is 10.3. The smallest absolute Gasteiger partial charge is 0.0482 e. The Bertz CT molecular complexity index is 1110. The van der Waals surface area contributed by atoms with E-state index in [1.54, 1.807) is 5.57 Å². The lowest BCUT2D eigenvalue weighted by Crippen LogP contribution is -2.31. The highest BCUT2D eigenvalue weighted by Crippen LogP contribution is 2.53. The van der Waals surface area contributed by atoms with Gasteiger partial charge in [0.15, 0.2) is 0 Å². The molecule has 0 saturated carbocycles. The van der Waals surface area contributed by atoms with Gasteiger partial charge in [-0.1, -0.05) is 132 Å². The summed E-state index contributed by atoms with van der Waals surface area (Å²) in [7, 11) is 0. The van der Waals surface area contributed by atoms with Gasteiger partial charge >= 0.3 is 0 Å². The second kappa shape index (κ2) is 12.0. The topological polar surface area (TPSA) is 12.0 Å². The monoisotopic (exact) mass is 481 g/mol. The van der Waals surface area contributed by atoms with Gasteiger partial charge in [-0.25, -0.2) is 0 Å². The van der Waals surface area contributed by atoms with Crippen LogP contribution in [0, 0.1) is 10.8 Å². The molecule has 1 atom stereocenters. The molecular weight excluding hydrogens is 434 g/mol. The maximum absolute atomic E-state index is 4.31. The van der Waals surface area contributed by atoms with Crippen LogP contribution < -0.4 is 5.32 Å². The van der Waals surface area contributed by atoms with Crippen LogP contribution in [0.2, 0.25) is 0 Å². The van der Waals surface area contributed by atoms with Crippen LogP contribution in [0.1, 0.15) is 80.6 Å². The highest BCUT2D eigenvalue weighted by molar-refractivity contribution is 5.63. The summed E-state index contributed by atoms with van der Waals surface area (Å²) < 4.78 is 0. The van der Waals surface area contributed by atoms with Gasteiger partial charge in [0, 0.05) is 23.6 Å². The van der Waals surface area contributed by atoms with E-state index in [9.17, 15) is 0 Å². The second-order valence-corrected chi connectivity index (χ2v) is 11.9. The third kappa shape index (κ3) is 6.90. The summed E-state index contributed by atoms with van der Waals surface area (Å²) in [5, 5.41) is 3.88. The Kier molecular flexibility index (Phi) is 9.23. The largest absolute Gasteiger partial charge is 0.382 e. The first-order chi connectivity index (χ1) is 17.0. The van der Waals surface area contributed by atoms with Crippen LogP contribution >= 0.6 is 0 Å². The quantitative estimate of drug-likeness (QED) is 0.269. The predicted molar refractivity (Wildman–Crippen MR) is 160 cm³/mol. The number of fused-ring (bicyclic) bond motifs is 1. The van der Waals surface area contributed by atoms with Crippen molar-refractivity contribution in [3.63, 3.8) is 0 Å². The lowest BCUT2D eigenvalue weighted by atomic mass is 9.76. The van der Waals surface area contributed by atoms with Crippen molar-refractivity contribution in [3.8, 4) is 0 Å². The third-order valence-corrected chi connectivity index (χ3v) is 7.74. The molecule has 1 N–H and O–H groups in total. The van der Waals surface area contributed by atoms with Crippen molar-refractivity contribution in [1.82, 2.24) is 5.32 Å². The highest BCUT2D eigenvalue weighted by atomic mass is 14.9. The average Bonchev–Trinajstić information content (AvgIpc) is 2.93. The van der Waals surface area contributed by atoms with Crippen molar-refractivity contribution in [2.75, 3.05) is 0 Å². The first kappa shape index (κ1) is 27.8. The Balaban J connectivity index is 1.78. The van der Waals surface area contributed by atoms with Crippen LogP contribution in [-0.4, -0.2) is 6.04 Å². The summed E-state index contributed by atoms with van der Waals surface area (Å²) in [4.78, 5) is 0. The normalized spacial score (nSPS) is 22.9. The Morgan fingerprint density at radius 1 is 1.11 bits per heavy atom. The van der Waals surface area contributed by atoms with Gasteiger partial charge in [-0.3, -0.25) is 0 Å².